The van der Waals surface area contributed by atoms with Gasteiger partial charge in [0.25, 0.3) is 0 Å². The van der Waals surface area contributed by atoms with E-state index in [1.807, 2.05) is 0 Å². The van der Waals surface area contributed by atoms with Crippen molar-refractivity contribution in [2.24, 2.45) is 11.5 Å². The summed E-state index contributed by atoms with van der Waals surface area (Å²) in [5, 5.41) is 7.47. The lowest BCUT2D eigenvalue weighted by molar-refractivity contribution is 0.256. The van der Waals surface area contributed by atoms with E-state index in [-0.39, 0.29) is 0 Å². The molecular formula is C8H9ClN4O. The van der Waals surface area contributed by atoms with Gasteiger partial charge in [-0.2, -0.15) is 0 Å². The summed E-state index contributed by atoms with van der Waals surface area (Å²) in [5.41, 5.74) is 10.5. The van der Waals surface area contributed by atoms with Gasteiger partial charge in [0, 0.05) is 0 Å². The van der Waals surface area contributed by atoms with Gasteiger partial charge in [-0.15, -0.1) is 0 Å². The van der Waals surface area contributed by atoms with Crippen molar-refractivity contribution in [1.82, 2.24) is 0 Å². The predicted molar refractivity (Wildman–Crippen MR) is 55.4 cm³/mol. The number of nitrogens with two attached hydrogens (primary N) is 2. The van der Waals surface area contributed by atoms with Crippen LogP contribution in [0, 0.1) is 5.41 Å². The lowest BCUT2D eigenvalue weighted by Crippen LogP contribution is -2.44. The summed E-state index contributed by atoms with van der Waals surface area (Å²) in [6.07, 6.45) is 0. The highest BCUT2D eigenvalue weighted by Gasteiger charge is 2.17. The van der Waals surface area contributed by atoms with Gasteiger partial charge in [-0.3, -0.25) is 5.41 Å². The van der Waals surface area contributed by atoms with Crippen molar-refractivity contribution in [2.75, 3.05) is 4.90 Å². The Morgan fingerprint density at radius 3 is 2.36 bits per heavy atom. The van der Waals surface area contributed by atoms with Crippen molar-refractivity contribution >= 4 is 29.3 Å². The molecule has 2 amide bonds. The number of nitrogens with one attached hydrogen (secondary N) is 1. The second kappa shape index (κ2) is 3.97. The summed E-state index contributed by atoms with van der Waals surface area (Å²) in [6, 6.07) is 5.65. The van der Waals surface area contributed by atoms with Crippen LogP contribution in [-0.4, -0.2) is 12.0 Å². The Bertz CT molecular complexity index is 365. The first kappa shape index (κ1) is 10.3. The molecule has 0 heterocycles. The zero-order valence-corrected chi connectivity index (χ0v) is 7.95. The van der Waals surface area contributed by atoms with E-state index in [9.17, 15) is 4.79 Å². The second-order valence-electron chi connectivity index (χ2n) is 2.51. The monoisotopic (exact) mass is 212 g/mol. The topological polar surface area (TPSA) is 96.2 Å². The van der Waals surface area contributed by atoms with Crippen molar-refractivity contribution in [1.29, 1.82) is 5.41 Å². The minimum atomic E-state index is -0.842. The van der Waals surface area contributed by atoms with E-state index in [0.717, 1.165) is 4.90 Å². The van der Waals surface area contributed by atoms with E-state index in [2.05, 4.69) is 0 Å². The van der Waals surface area contributed by atoms with Crippen molar-refractivity contribution in [3.8, 4) is 0 Å². The number of carbonyl (C=O) groups is 1. The average molecular weight is 213 g/mol. The number of halogens is 1. The summed E-state index contributed by atoms with van der Waals surface area (Å²) in [6.45, 7) is 0. The molecule has 14 heavy (non-hydrogen) atoms. The zero-order chi connectivity index (χ0) is 10.7. The summed E-state index contributed by atoms with van der Waals surface area (Å²) in [5.74, 6) is -0.467. The summed E-state index contributed by atoms with van der Waals surface area (Å²) in [4.78, 5) is 11.8. The zero-order valence-electron chi connectivity index (χ0n) is 7.20. The molecule has 0 aliphatic rings. The number of hydrogen-bond donors (Lipinski definition) is 3. The first-order chi connectivity index (χ1) is 6.54. The van der Waals surface area contributed by atoms with Crippen LogP contribution in [0.15, 0.2) is 24.3 Å². The Morgan fingerprint density at radius 2 is 1.93 bits per heavy atom. The third-order valence-corrected chi connectivity index (χ3v) is 1.87. The number of amides is 2. The molecule has 0 saturated heterocycles. The third kappa shape index (κ3) is 1.94. The Hall–Kier alpha value is -1.75. The van der Waals surface area contributed by atoms with Gasteiger partial charge in [0.15, 0.2) is 0 Å². The van der Waals surface area contributed by atoms with Crippen molar-refractivity contribution < 1.29 is 4.79 Å². The largest absolute Gasteiger partial charge is 0.369 e. The Morgan fingerprint density at radius 1 is 1.36 bits per heavy atom. The molecule has 0 spiro atoms. The van der Waals surface area contributed by atoms with Crippen LogP contribution in [0.2, 0.25) is 5.02 Å². The number of nitrogens with zero attached hydrogens (tertiary/aromatic N) is 1. The number of para-hydroxylation sites is 1. The SMILES string of the molecule is N=C(N)N(C(N)=O)c1ccccc1Cl. The molecule has 0 bridgehead atoms. The van der Waals surface area contributed by atoms with Gasteiger partial charge < -0.3 is 11.5 Å². The van der Waals surface area contributed by atoms with Gasteiger partial charge in [0.2, 0.25) is 5.96 Å². The molecule has 0 atom stereocenters. The molecule has 0 radical (unpaired) electrons. The molecule has 0 aliphatic carbocycles. The lowest BCUT2D eigenvalue weighted by atomic mass is 10.3. The van der Waals surface area contributed by atoms with E-state index in [4.69, 9.17) is 28.5 Å². The molecule has 1 aromatic carbocycles. The van der Waals surface area contributed by atoms with Crippen LogP contribution in [-0.2, 0) is 0 Å². The van der Waals surface area contributed by atoms with Crippen LogP contribution in [0.1, 0.15) is 0 Å². The fraction of sp³-hybridized carbons (Fsp3) is 0. The van der Waals surface area contributed by atoms with Crippen molar-refractivity contribution in [3.63, 3.8) is 0 Å². The molecular weight excluding hydrogens is 204 g/mol. The Kier molecular flexibility index (Phi) is 2.93. The first-order valence-electron chi connectivity index (χ1n) is 3.72. The summed E-state index contributed by atoms with van der Waals surface area (Å²) < 4.78 is 0. The summed E-state index contributed by atoms with van der Waals surface area (Å²) >= 11 is 5.81. The molecule has 5 nitrogen and oxygen atoms in total. The lowest BCUT2D eigenvalue weighted by Gasteiger charge is -2.18. The number of primary amides is 1. The van der Waals surface area contributed by atoms with Crippen molar-refractivity contribution in [2.45, 2.75) is 0 Å². The van der Waals surface area contributed by atoms with Crippen LogP contribution in [0.25, 0.3) is 0 Å². The second-order valence-corrected chi connectivity index (χ2v) is 2.92. The highest BCUT2D eigenvalue weighted by atomic mass is 35.5. The van der Waals surface area contributed by atoms with Crippen LogP contribution in [0.3, 0.4) is 0 Å². The highest BCUT2D eigenvalue weighted by Crippen LogP contribution is 2.24. The fourth-order valence-electron chi connectivity index (χ4n) is 1.00. The Labute approximate surface area is 85.8 Å². The van der Waals surface area contributed by atoms with Crippen molar-refractivity contribution in [3.05, 3.63) is 29.3 Å². The number of urea groups is 1. The molecule has 0 saturated carbocycles. The maximum Gasteiger partial charge on any atom is 0.326 e. The van der Waals surface area contributed by atoms with Crippen LogP contribution >= 0.6 is 11.6 Å². The van der Waals surface area contributed by atoms with Gasteiger partial charge in [-0.25, -0.2) is 9.69 Å². The smallest absolute Gasteiger partial charge is 0.326 e. The van der Waals surface area contributed by atoms with Gasteiger partial charge in [-0.05, 0) is 12.1 Å². The van der Waals surface area contributed by atoms with Crippen LogP contribution < -0.4 is 16.4 Å². The van der Waals surface area contributed by atoms with Gasteiger partial charge in [0.05, 0.1) is 10.7 Å². The molecule has 0 aromatic heterocycles. The van der Waals surface area contributed by atoms with Gasteiger partial charge >= 0.3 is 6.03 Å². The fourth-order valence-corrected chi connectivity index (χ4v) is 1.22. The van der Waals surface area contributed by atoms with E-state index in [0.29, 0.717) is 10.7 Å². The third-order valence-electron chi connectivity index (χ3n) is 1.55. The van der Waals surface area contributed by atoms with Gasteiger partial charge in [0.1, 0.15) is 0 Å². The van der Waals surface area contributed by atoms with Crippen LogP contribution in [0.4, 0.5) is 10.5 Å². The summed E-state index contributed by atoms with van der Waals surface area (Å²) in [7, 11) is 0. The number of hydrogen-bond acceptors (Lipinski definition) is 2. The minimum absolute atomic E-state index is 0.300. The highest BCUT2D eigenvalue weighted by molar-refractivity contribution is 6.35. The number of rotatable bonds is 1. The standard InChI is InChI=1S/C8H9ClN4O/c9-5-3-1-2-4-6(5)13(7(10)11)8(12)14/h1-4H,(H3,10,11)(H2,12,14). The molecule has 0 fully saturated rings. The number of guanidine groups is 1. The minimum Gasteiger partial charge on any atom is -0.369 e. The molecule has 74 valence electrons. The molecule has 6 heteroatoms. The maximum absolute atomic E-state index is 11.0. The molecule has 1 rings (SSSR count). The van der Waals surface area contributed by atoms with Crippen LogP contribution in [0.5, 0.6) is 0 Å². The first-order valence-corrected chi connectivity index (χ1v) is 4.10. The van der Waals surface area contributed by atoms with E-state index >= 15 is 0 Å². The van der Waals surface area contributed by atoms with Gasteiger partial charge in [-0.1, -0.05) is 23.7 Å². The number of anilines is 1. The van der Waals surface area contributed by atoms with E-state index in [1.165, 1.54) is 0 Å². The van der Waals surface area contributed by atoms with E-state index in [1.54, 1.807) is 24.3 Å². The predicted octanol–water partition coefficient (Wildman–Crippen LogP) is 1.12. The Balaban J connectivity index is 3.18. The normalized spacial score (nSPS) is 9.50. The number of benzene rings is 1. The van der Waals surface area contributed by atoms with E-state index < -0.39 is 12.0 Å². The molecule has 1 aromatic rings. The maximum atomic E-state index is 11.0. The number of carbonyl (C=O) groups excluding carboxylic acids is 1. The molecule has 0 aliphatic heterocycles. The average Bonchev–Trinajstić information content (AvgIpc) is 2.07. The molecule has 5 N–H and O–H groups in total. The quantitative estimate of drug-likeness (QED) is 0.480. The molecule has 0 unspecified atom stereocenters.